The lowest BCUT2D eigenvalue weighted by atomic mass is 9.97. The minimum Gasteiger partial charge on any atom is -0.455 e. The summed E-state index contributed by atoms with van der Waals surface area (Å²) < 4.78 is 12.9. The van der Waals surface area contributed by atoms with Gasteiger partial charge in [0.25, 0.3) is 0 Å². The minimum atomic E-state index is 0.537. The fraction of sp³-hybridized carbons (Fsp3) is 0. The van der Waals surface area contributed by atoms with E-state index in [2.05, 4.69) is 65.6 Å². The molecule has 0 bridgehead atoms. The Kier molecular flexibility index (Phi) is 5.77. The highest BCUT2D eigenvalue weighted by molar-refractivity contribution is 6.19. The van der Waals surface area contributed by atoms with Gasteiger partial charge in [-0.3, -0.25) is 4.98 Å². The molecule has 0 radical (unpaired) electrons. The second kappa shape index (κ2) is 10.4. The quantitative estimate of drug-likeness (QED) is 0.196. The maximum atomic E-state index is 6.49. The predicted octanol–water partition coefficient (Wildman–Crippen LogP) is 10.9. The lowest BCUT2D eigenvalue weighted by Gasteiger charge is -2.09. The Morgan fingerprint density at radius 3 is 1.88 bits per heavy atom. The Morgan fingerprint density at radius 1 is 0.396 bits per heavy atom. The summed E-state index contributed by atoms with van der Waals surface area (Å²) in [5, 5.41) is 6.31. The zero-order valence-electron chi connectivity index (χ0n) is 25.5. The van der Waals surface area contributed by atoms with Crippen LogP contribution in [0.15, 0.2) is 155 Å². The number of hydrogen-bond donors (Lipinski definition) is 0. The van der Waals surface area contributed by atoms with E-state index in [1.807, 2.05) is 79.0 Å². The predicted molar refractivity (Wildman–Crippen MR) is 191 cm³/mol. The zero-order valence-corrected chi connectivity index (χ0v) is 25.5. The molecular weight excluding hydrogens is 592 g/mol. The number of furan rings is 2. The van der Waals surface area contributed by atoms with Crippen LogP contribution in [0.3, 0.4) is 0 Å². The number of benzene rings is 6. The van der Waals surface area contributed by atoms with Crippen molar-refractivity contribution in [3.05, 3.63) is 146 Å². The molecular formula is C42H24N4O2. The van der Waals surface area contributed by atoms with Gasteiger partial charge in [-0.05, 0) is 40.8 Å². The van der Waals surface area contributed by atoms with Crippen LogP contribution < -0.4 is 0 Å². The molecule has 224 valence electrons. The first-order chi connectivity index (χ1) is 23.8. The van der Waals surface area contributed by atoms with Gasteiger partial charge in [-0.15, -0.1) is 0 Å². The molecule has 10 rings (SSSR count). The van der Waals surface area contributed by atoms with Gasteiger partial charge in [0, 0.05) is 49.8 Å². The van der Waals surface area contributed by atoms with Crippen LogP contribution >= 0.6 is 0 Å². The molecule has 0 saturated carbocycles. The SMILES string of the molecule is c1ccc(-c2nc(-c3ccccc3)nc(-c3cncc4oc5cc(-c6cccc7oc8c9ccccc9ccc8c67)ccc5c34)n2)cc1. The summed E-state index contributed by atoms with van der Waals surface area (Å²) in [6.07, 6.45) is 3.57. The van der Waals surface area contributed by atoms with E-state index in [4.69, 9.17) is 23.8 Å². The van der Waals surface area contributed by atoms with Gasteiger partial charge in [0.15, 0.2) is 23.1 Å². The molecule has 48 heavy (non-hydrogen) atoms. The fourth-order valence-corrected chi connectivity index (χ4v) is 6.79. The second-order valence-corrected chi connectivity index (χ2v) is 11.9. The minimum absolute atomic E-state index is 0.537. The molecule has 4 aromatic heterocycles. The summed E-state index contributed by atoms with van der Waals surface area (Å²) in [6, 6.07) is 45.2. The van der Waals surface area contributed by atoms with Crippen LogP contribution in [-0.2, 0) is 0 Å². The Morgan fingerprint density at radius 2 is 1.08 bits per heavy atom. The Hall–Kier alpha value is -6.66. The highest BCUT2D eigenvalue weighted by atomic mass is 16.3. The largest absolute Gasteiger partial charge is 0.455 e. The third-order valence-electron chi connectivity index (χ3n) is 9.02. The maximum Gasteiger partial charge on any atom is 0.166 e. The van der Waals surface area contributed by atoms with Crippen LogP contribution in [0.25, 0.3) is 99.9 Å². The van der Waals surface area contributed by atoms with E-state index in [1.54, 1.807) is 6.20 Å². The summed E-state index contributed by atoms with van der Waals surface area (Å²) in [4.78, 5) is 19.3. The van der Waals surface area contributed by atoms with Crippen molar-refractivity contribution in [2.45, 2.75) is 0 Å². The summed E-state index contributed by atoms with van der Waals surface area (Å²) >= 11 is 0. The molecule has 10 aromatic rings. The molecule has 0 spiro atoms. The van der Waals surface area contributed by atoms with Gasteiger partial charge in [0.1, 0.15) is 16.7 Å². The normalized spacial score (nSPS) is 11.8. The Labute approximate surface area is 274 Å². The summed E-state index contributed by atoms with van der Waals surface area (Å²) in [5.74, 6) is 1.73. The molecule has 0 aliphatic heterocycles. The average molecular weight is 617 g/mol. The number of rotatable bonds is 4. The molecule has 0 N–H and O–H groups in total. The first-order valence-corrected chi connectivity index (χ1v) is 15.8. The maximum absolute atomic E-state index is 6.49. The van der Waals surface area contributed by atoms with Gasteiger partial charge in [0.2, 0.25) is 0 Å². The van der Waals surface area contributed by atoms with Crippen LogP contribution in [0.1, 0.15) is 0 Å². The molecule has 0 unspecified atom stereocenters. The molecule has 6 heteroatoms. The molecule has 0 aliphatic carbocycles. The molecule has 0 aliphatic rings. The van der Waals surface area contributed by atoms with Crippen molar-refractivity contribution in [2.75, 3.05) is 0 Å². The van der Waals surface area contributed by atoms with E-state index in [-0.39, 0.29) is 0 Å². The number of aromatic nitrogens is 4. The smallest absolute Gasteiger partial charge is 0.166 e. The van der Waals surface area contributed by atoms with Crippen LogP contribution in [0, 0.1) is 0 Å². The molecule has 6 nitrogen and oxygen atoms in total. The van der Waals surface area contributed by atoms with Gasteiger partial charge >= 0.3 is 0 Å². The van der Waals surface area contributed by atoms with Crippen molar-refractivity contribution < 1.29 is 8.83 Å². The third-order valence-corrected chi connectivity index (χ3v) is 9.02. The van der Waals surface area contributed by atoms with E-state index >= 15 is 0 Å². The van der Waals surface area contributed by atoms with Crippen molar-refractivity contribution in [2.24, 2.45) is 0 Å². The lowest BCUT2D eigenvalue weighted by Crippen LogP contribution is -2.00. The Bertz CT molecular complexity index is 2780. The summed E-state index contributed by atoms with van der Waals surface area (Å²) in [7, 11) is 0. The second-order valence-electron chi connectivity index (χ2n) is 11.9. The van der Waals surface area contributed by atoms with Crippen molar-refractivity contribution in [1.82, 2.24) is 19.9 Å². The molecule has 4 heterocycles. The standard InChI is InChI=1S/C42H24N4O2/c1-3-11-26(12-4-1)40-44-41(27-13-5-2-6-14-27)46-42(45-40)33-23-43-24-36-38(33)31-20-19-28(22-35(31)47-36)29-16-9-17-34-37(29)32-21-18-25-10-7-8-15-30(25)39(32)48-34/h1-24H. The van der Waals surface area contributed by atoms with Gasteiger partial charge < -0.3 is 8.83 Å². The van der Waals surface area contributed by atoms with Crippen LogP contribution in [0.2, 0.25) is 0 Å². The molecule has 0 amide bonds. The van der Waals surface area contributed by atoms with Crippen molar-refractivity contribution in [3.63, 3.8) is 0 Å². The first kappa shape index (κ1) is 26.5. The third kappa shape index (κ3) is 4.13. The van der Waals surface area contributed by atoms with Crippen LogP contribution in [0.4, 0.5) is 0 Å². The number of fused-ring (bicyclic) bond motifs is 8. The number of pyridine rings is 1. The average Bonchev–Trinajstić information content (AvgIpc) is 3.74. The van der Waals surface area contributed by atoms with Gasteiger partial charge in [-0.25, -0.2) is 15.0 Å². The number of nitrogens with zero attached hydrogens (tertiary/aromatic N) is 4. The summed E-state index contributed by atoms with van der Waals surface area (Å²) in [6.45, 7) is 0. The van der Waals surface area contributed by atoms with Gasteiger partial charge in [0.05, 0.1) is 6.20 Å². The Balaban J connectivity index is 1.16. The lowest BCUT2D eigenvalue weighted by molar-refractivity contribution is 0.667. The highest BCUT2D eigenvalue weighted by Gasteiger charge is 2.20. The van der Waals surface area contributed by atoms with E-state index < -0.39 is 0 Å². The first-order valence-electron chi connectivity index (χ1n) is 15.8. The monoisotopic (exact) mass is 616 g/mol. The van der Waals surface area contributed by atoms with Crippen LogP contribution in [0.5, 0.6) is 0 Å². The molecule has 0 fully saturated rings. The van der Waals surface area contributed by atoms with Crippen molar-refractivity contribution >= 4 is 54.6 Å². The highest BCUT2D eigenvalue weighted by Crippen LogP contribution is 2.42. The molecule has 0 saturated heterocycles. The fourth-order valence-electron chi connectivity index (χ4n) is 6.79. The van der Waals surface area contributed by atoms with E-state index in [0.717, 1.165) is 76.9 Å². The van der Waals surface area contributed by atoms with Crippen molar-refractivity contribution in [1.29, 1.82) is 0 Å². The molecule has 6 aromatic carbocycles. The number of hydrogen-bond acceptors (Lipinski definition) is 6. The van der Waals surface area contributed by atoms with E-state index in [9.17, 15) is 0 Å². The topological polar surface area (TPSA) is 77.8 Å². The van der Waals surface area contributed by atoms with Crippen LogP contribution in [-0.4, -0.2) is 19.9 Å². The van der Waals surface area contributed by atoms with Gasteiger partial charge in [-0.1, -0.05) is 109 Å². The van der Waals surface area contributed by atoms with E-state index in [1.165, 1.54) is 0 Å². The van der Waals surface area contributed by atoms with E-state index in [0.29, 0.717) is 23.1 Å². The molecule has 0 atom stereocenters. The summed E-state index contributed by atoms with van der Waals surface area (Å²) in [5.41, 5.74) is 7.91. The zero-order chi connectivity index (χ0) is 31.6. The van der Waals surface area contributed by atoms with Crippen molar-refractivity contribution in [3.8, 4) is 45.3 Å². The van der Waals surface area contributed by atoms with Gasteiger partial charge in [-0.2, -0.15) is 0 Å².